The molecule has 23 heavy (non-hydrogen) atoms. The highest BCUT2D eigenvalue weighted by molar-refractivity contribution is 7.92. The Morgan fingerprint density at radius 1 is 1.43 bits per heavy atom. The molecule has 1 aromatic carbocycles. The number of ether oxygens (including phenoxy) is 1. The van der Waals surface area contributed by atoms with E-state index in [1.165, 1.54) is 6.07 Å². The number of nitrogens with zero attached hydrogens (tertiary/aromatic N) is 2. The van der Waals surface area contributed by atoms with Crippen LogP contribution in [-0.2, 0) is 16.4 Å². The number of sulfone groups is 1. The van der Waals surface area contributed by atoms with Crippen LogP contribution in [0.5, 0.6) is 11.5 Å². The van der Waals surface area contributed by atoms with Crippen molar-refractivity contribution in [2.45, 2.75) is 37.5 Å². The third kappa shape index (κ3) is 3.64. The number of hydrogen-bond donors (Lipinski definition) is 1. The normalized spacial score (nSPS) is 23.5. The first-order valence-electron chi connectivity index (χ1n) is 7.40. The standard InChI is InChI=1S/C15H18N2O5S/c1-10-7-11(5-6-23(10,19)20)15-16-14(22-17-15)9-21-13-4-2-3-12(18)8-13/h2-4,8,10-11,18H,5-7,9H2,1H3/t10-,11+/m1/s1. The molecular weight excluding hydrogens is 320 g/mol. The quantitative estimate of drug-likeness (QED) is 0.910. The zero-order valence-corrected chi connectivity index (χ0v) is 13.5. The van der Waals surface area contributed by atoms with E-state index in [1.54, 1.807) is 25.1 Å². The van der Waals surface area contributed by atoms with Gasteiger partial charge in [-0.05, 0) is 31.9 Å². The third-order valence-electron chi connectivity index (χ3n) is 4.01. The Kier molecular flexibility index (Phi) is 4.25. The lowest BCUT2D eigenvalue weighted by atomic mass is 9.99. The minimum Gasteiger partial charge on any atom is -0.508 e. The summed E-state index contributed by atoms with van der Waals surface area (Å²) in [4.78, 5) is 4.29. The minimum atomic E-state index is -2.98. The first-order valence-corrected chi connectivity index (χ1v) is 9.11. The van der Waals surface area contributed by atoms with E-state index < -0.39 is 9.84 Å². The van der Waals surface area contributed by atoms with Crippen LogP contribution in [0.1, 0.15) is 37.4 Å². The average Bonchev–Trinajstić information content (AvgIpc) is 2.97. The van der Waals surface area contributed by atoms with Gasteiger partial charge in [0, 0.05) is 12.0 Å². The number of hydrogen-bond acceptors (Lipinski definition) is 7. The Hall–Kier alpha value is -2.09. The molecule has 7 nitrogen and oxygen atoms in total. The van der Waals surface area contributed by atoms with E-state index in [-0.39, 0.29) is 29.3 Å². The van der Waals surface area contributed by atoms with Crippen LogP contribution in [0.4, 0.5) is 0 Å². The van der Waals surface area contributed by atoms with Crippen LogP contribution in [0.3, 0.4) is 0 Å². The molecule has 124 valence electrons. The van der Waals surface area contributed by atoms with E-state index >= 15 is 0 Å². The van der Waals surface area contributed by atoms with E-state index in [1.807, 2.05) is 0 Å². The van der Waals surface area contributed by atoms with Gasteiger partial charge >= 0.3 is 0 Å². The summed E-state index contributed by atoms with van der Waals surface area (Å²) < 4.78 is 34.1. The van der Waals surface area contributed by atoms with Gasteiger partial charge in [-0.3, -0.25) is 0 Å². The van der Waals surface area contributed by atoms with Crippen molar-refractivity contribution in [2.75, 3.05) is 5.75 Å². The molecule has 1 aromatic heterocycles. The zero-order chi connectivity index (χ0) is 16.4. The SMILES string of the molecule is C[C@@H]1C[C@@H](c2noc(COc3cccc(O)c3)n2)CCS1(=O)=O. The van der Waals surface area contributed by atoms with Crippen molar-refractivity contribution in [1.29, 1.82) is 0 Å². The van der Waals surface area contributed by atoms with Crippen LogP contribution in [0.25, 0.3) is 0 Å². The van der Waals surface area contributed by atoms with Crippen LogP contribution in [0.2, 0.25) is 0 Å². The Morgan fingerprint density at radius 3 is 3.00 bits per heavy atom. The molecule has 1 aliphatic rings. The third-order valence-corrected chi connectivity index (χ3v) is 6.23. The van der Waals surface area contributed by atoms with E-state index in [2.05, 4.69) is 10.1 Å². The first kappa shape index (κ1) is 15.8. The molecule has 0 radical (unpaired) electrons. The summed E-state index contributed by atoms with van der Waals surface area (Å²) >= 11 is 0. The molecular formula is C15H18N2O5S. The van der Waals surface area contributed by atoms with E-state index in [0.717, 1.165) is 0 Å². The summed E-state index contributed by atoms with van der Waals surface area (Å²) in [5.41, 5.74) is 0. The van der Waals surface area contributed by atoms with Crippen LogP contribution in [-0.4, -0.2) is 34.7 Å². The largest absolute Gasteiger partial charge is 0.508 e. The van der Waals surface area contributed by atoms with Crippen LogP contribution in [0.15, 0.2) is 28.8 Å². The Balaban J connectivity index is 1.62. The highest BCUT2D eigenvalue weighted by atomic mass is 32.2. The van der Waals surface area contributed by atoms with Crippen LogP contribution in [0, 0.1) is 0 Å². The Labute approximate surface area is 134 Å². The number of phenols is 1. The average molecular weight is 338 g/mol. The summed E-state index contributed by atoms with van der Waals surface area (Å²) in [7, 11) is -2.98. The molecule has 1 saturated heterocycles. The van der Waals surface area contributed by atoms with Crippen molar-refractivity contribution >= 4 is 9.84 Å². The summed E-state index contributed by atoms with van der Waals surface area (Å²) in [5, 5.41) is 12.9. The molecule has 8 heteroatoms. The molecule has 2 heterocycles. The highest BCUT2D eigenvalue weighted by Crippen LogP contribution is 2.31. The molecule has 3 rings (SSSR count). The van der Waals surface area contributed by atoms with Gasteiger partial charge < -0.3 is 14.4 Å². The Bertz CT molecular complexity index is 787. The highest BCUT2D eigenvalue weighted by Gasteiger charge is 2.33. The molecule has 0 amide bonds. The molecule has 2 atom stereocenters. The molecule has 0 aliphatic carbocycles. The van der Waals surface area contributed by atoms with E-state index in [9.17, 15) is 13.5 Å². The number of rotatable bonds is 4. The topological polar surface area (TPSA) is 103 Å². The maximum atomic E-state index is 11.7. The smallest absolute Gasteiger partial charge is 0.264 e. The number of aromatic hydroxyl groups is 1. The minimum absolute atomic E-state index is 0.00760. The van der Waals surface area contributed by atoms with Gasteiger partial charge in [0.25, 0.3) is 5.89 Å². The van der Waals surface area contributed by atoms with Crippen molar-refractivity contribution in [3.8, 4) is 11.5 Å². The molecule has 1 N–H and O–H groups in total. The van der Waals surface area contributed by atoms with Gasteiger partial charge in [0.1, 0.15) is 11.5 Å². The number of phenolic OH excluding ortho intramolecular Hbond substituents is 1. The number of benzene rings is 1. The predicted molar refractivity (Wildman–Crippen MR) is 82.0 cm³/mol. The van der Waals surface area contributed by atoms with Crippen molar-refractivity contribution in [3.63, 3.8) is 0 Å². The monoisotopic (exact) mass is 338 g/mol. The van der Waals surface area contributed by atoms with Gasteiger partial charge in [-0.15, -0.1) is 0 Å². The van der Waals surface area contributed by atoms with Crippen LogP contribution < -0.4 is 4.74 Å². The van der Waals surface area contributed by atoms with Crippen molar-refractivity contribution in [3.05, 3.63) is 36.0 Å². The summed E-state index contributed by atoms with van der Waals surface area (Å²) in [6, 6.07) is 6.43. The predicted octanol–water partition coefficient (Wildman–Crippen LogP) is 2.03. The molecule has 0 bridgehead atoms. The van der Waals surface area contributed by atoms with E-state index in [0.29, 0.717) is 30.3 Å². The van der Waals surface area contributed by atoms with Crippen molar-refractivity contribution < 1.29 is 22.8 Å². The lowest BCUT2D eigenvalue weighted by molar-refractivity contribution is 0.241. The fraction of sp³-hybridized carbons (Fsp3) is 0.467. The summed E-state index contributed by atoms with van der Waals surface area (Å²) in [6.07, 6.45) is 1.02. The second kappa shape index (κ2) is 6.19. The lowest BCUT2D eigenvalue weighted by Gasteiger charge is -2.24. The molecule has 1 fully saturated rings. The van der Waals surface area contributed by atoms with Gasteiger partial charge in [-0.1, -0.05) is 11.2 Å². The van der Waals surface area contributed by atoms with Gasteiger partial charge in [0.05, 0.1) is 11.0 Å². The maximum absolute atomic E-state index is 11.7. The lowest BCUT2D eigenvalue weighted by Crippen LogP contribution is -2.30. The van der Waals surface area contributed by atoms with Crippen molar-refractivity contribution in [2.24, 2.45) is 0 Å². The molecule has 0 spiro atoms. The zero-order valence-electron chi connectivity index (χ0n) is 12.7. The second-order valence-electron chi connectivity index (χ2n) is 5.73. The second-order valence-corrected chi connectivity index (χ2v) is 8.27. The summed E-state index contributed by atoms with van der Waals surface area (Å²) in [6.45, 7) is 1.81. The van der Waals surface area contributed by atoms with Gasteiger partial charge in [-0.25, -0.2) is 8.42 Å². The van der Waals surface area contributed by atoms with Gasteiger partial charge in [0.15, 0.2) is 22.3 Å². The number of aromatic nitrogens is 2. The fourth-order valence-corrected chi connectivity index (χ4v) is 4.16. The first-order chi connectivity index (χ1) is 10.9. The molecule has 2 aromatic rings. The molecule has 0 saturated carbocycles. The van der Waals surface area contributed by atoms with Gasteiger partial charge in [0.2, 0.25) is 0 Å². The van der Waals surface area contributed by atoms with E-state index in [4.69, 9.17) is 9.26 Å². The fourth-order valence-electron chi connectivity index (χ4n) is 2.62. The summed E-state index contributed by atoms with van der Waals surface area (Å²) in [5.74, 6) is 1.62. The van der Waals surface area contributed by atoms with Gasteiger partial charge in [-0.2, -0.15) is 4.98 Å². The van der Waals surface area contributed by atoms with Crippen molar-refractivity contribution in [1.82, 2.24) is 10.1 Å². The maximum Gasteiger partial charge on any atom is 0.264 e. The molecule has 1 aliphatic heterocycles. The Morgan fingerprint density at radius 2 is 2.26 bits per heavy atom. The van der Waals surface area contributed by atoms with Crippen LogP contribution >= 0.6 is 0 Å². The molecule has 0 unspecified atom stereocenters.